The second-order valence-electron chi connectivity index (χ2n) is 3.84. The molecule has 18 heavy (non-hydrogen) atoms. The number of nitrogens with one attached hydrogen (secondary N) is 1. The molecule has 0 aliphatic rings. The Labute approximate surface area is 104 Å². The van der Waals surface area contributed by atoms with Crippen molar-refractivity contribution in [1.29, 1.82) is 0 Å². The number of anilines is 1. The second kappa shape index (κ2) is 4.29. The van der Waals surface area contributed by atoms with Gasteiger partial charge in [0.1, 0.15) is 5.69 Å². The maximum Gasteiger partial charge on any atom is 0.181 e. The van der Waals surface area contributed by atoms with Crippen LogP contribution in [0.5, 0.6) is 0 Å². The van der Waals surface area contributed by atoms with Gasteiger partial charge in [-0.05, 0) is 36.4 Å². The van der Waals surface area contributed by atoms with E-state index in [1.165, 1.54) is 0 Å². The Hall–Kier alpha value is -2.69. The van der Waals surface area contributed by atoms with Crippen molar-refractivity contribution in [2.24, 2.45) is 0 Å². The van der Waals surface area contributed by atoms with E-state index in [4.69, 9.17) is 5.73 Å². The molecule has 0 saturated carbocycles. The van der Waals surface area contributed by atoms with E-state index in [9.17, 15) is 0 Å². The number of aromatic nitrogens is 4. The Bertz CT molecular complexity index is 643. The van der Waals surface area contributed by atoms with Crippen LogP contribution in [-0.2, 0) is 0 Å². The zero-order valence-electron chi connectivity index (χ0n) is 9.54. The molecule has 0 aliphatic carbocycles. The Kier molecular flexibility index (Phi) is 2.49. The molecule has 2 aromatic heterocycles. The molecular formula is C13H11N5. The van der Waals surface area contributed by atoms with E-state index in [-0.39, 0.29) is 0 Å². The van der Waals surface area contributed by atoms with Crippen molar-refractivity contribution in [3.63, 3.8) is 0 Å². The molecule has 0 atom stereocenters. The summed E-state index contributed by atoms with van der Waals surface area (Å²) in [6, 6.07) is 13.1. The first-order chi connectivity index (χ1) is 8.83. The molecule has 3 N–H and O–H groups in total. The first kappa shape index (κ1) is 10.5. The molecule has 0 spiro atoms. The highest BCUT2D eigenvalue weighted by molar-refractivity contribution is 5.61. The zero-order chi connectivity index (χ0) is 12.4. The third-order valence-corrected chi connectivity index (χ3v) is 2.56. The van der Waals surface area contributed by atoms with E-state index in [1.807, 2.05) is 42.5 Å². The number of benzene rings is 1. The topological polar surface area (TPSA) is 80.5 Å². The monoisotopic (exact) mass is 237 g/mol. The molecular weight excluding hydrogens is 226 g/mol. The lowest BCUT2D eigenvalue weighted by Crippen LogP contribution is -1.85. The number of aromatic amines is 1. The van der Waals surface area contributed by atoms with Gasteiger partial charge in [0, 0.05) is 17.4 Å². The Morgan fingerprint density at radius 3 is 2.56 bits per heavy atom. The molecule has 0 unspecified atom stereocenters. The van der Waals surface area contributed by atoms with Crippen LogP contribution in [0.15, 0.2) is 48.7 Å². The maximum absolute atomic E-state index is 5.64. The summed E-state index contributed by atoms with van der Waals surface area (Å²) < 4.78 is 0. The summed E-state index contributed by atoms with van der Waals surface area (Å²) in [5, 5.41) is 7.06. The number of nitrogen functional groups attached to an aromatic ring is 1. The molecule has 0 saturated heterocycles. The fraction of sp³-hybridized carbons (Fsp3) is 0. The quantitative estimate of drug-likeness (QED) is 0.669. The van der Waals surface area contributed by atoms with Crippen LogP contribution in [0.3, 0.4) is 0 Å². The minimum absolute atomic E-state index is 0.635. The van der Waals surface area contributed by atoms with Gasteiger partial charge in [0.15, 0.2) is 11.6 Å². The van der Waals surface area contributed by atoms with E-state index >= 15 is 0 Å². The predicted octanol–water partition coefficient (Wildman–Crippen LogP) is 2.12. The molecule has 3 rings (SSSR count). The van der Waals surface area contributed by atoms with E-state index in [1.54, 1.807) is 6.20 Å². The number of nitrogens with zero attached hydrogens (tertiary/aromatic N) is 3. The SMILES string of the molecule is Nc1ccc(-c2n[nH]c(-c3ccccn3)n2)cc1. The van der Waals surface area contributed by atoms with Crippen LogP contribution in [0.4, 0.5) is 5.69 Å². The predicted molar refractivity (Wildman–Crippen MR) is 69.5 cm³/mol. The number of nitrogens with two attached hydrogens (primary N) is 1. The average molecular weight is 237 g/mol. The van der Waals surface area contributed by atoms with Crippen LogP contribution in [0, 0.1) is 0 Å². The maximum atomic E-state index is 5.64. The van der Waals surface area contributed by atoms with Gasteiger partial charge in [0.05, 0.1) is 0 Å². The fourth-order valence-corrected chi connectivity index (χ4v) is 1.64. The Balaban J connectivity index is 1.97. The zero-order valence-corrected chi connectivity index (χ0v) is 9.54. The standard InChI is InChI=1S/C13H11N5/c14-10-6-4-9(5-7-10)12-16-13(18-17-12)11-3-1-2-8-15-11/h1-8H,14H2,(H,16,17,18). The summed E-state index contributed by atoms with van der Waals surface area (Å²) in [6.45, 7) is 0. The number of H-pyrrole nitrogens is 1. The molecule has 3 aromatic rings. The number of rotatable bonds is 2. The molecule has 88 valence electrons. The van der Waals surface area contributed by atoms with Crippen molar-refractivity contribution in [3.8, 4) is 22.9 Å². The van der Waals surface area contributed by atoms with Crippen LogP contribution < -0.4 is 5.73 Å². The smallest absolute Gasteiger partial charge is 0.181 e. The number of hydrogen-bond donors (Lipinski definition) is 2. The van der Waals surface area contributed by atoms with Gasteiger partial charge < -0.3 is 5.73 Å². The largest absolute Gasteiger partial charge is 0.399 e. The van der Waals surface area contributed by atoms with E-state index in [0.29, 0.717) is 11.6 Å². The lowest BCUT2D eigenvalue weighted by molar-refractivity contribution is 1.09. The number of hydrogen-bond acceptors (Lipinski definition) is 4. The van der Waals surface area contributed by atoms with Gasteiger partial charge in [-0.15, -0.1) is 0 Å². The van der Waals surface area contributed by atoms with Crippen molar-refractivity contribution >= 4 is 5.69 Å². The van der Waals surface area contributed by atoms with Gasteiger partial charge in [0.25, 0.3) is 0 Å². The molecule has 0 fully saturated rings. The van der Waals surface area contributed by atoms with Crippen LogP contribution in [0.25, 0.3) is 22.9 Å². The molecule has 0 amide bonds. The minimum atomic E-state index is 0.635. The Morgan fingerprint density at radius 1 is 1.00 bits per heavy atom. The Morgan fingerprint density at radius 2 is 1.83 bits per heavy atom. The minimum Gasteiger partial charge on any atom is -0.399 e. The summed E-state index contributed by atoms with van der Waals surface area (Å²) in [7, 11) is 0. The highest BCUT2D eigenvalue weighted by Crippen LogP contribution is 2.19. The second-order valence-corrected chi connectivity index (χ2v) is 3.84. The van der Waals surface area contributed by atoms with Gasteiger partial charge in [-0.25, -0.2) is 4.98 Å². The highest BCUT2D eigenvalue weighted by Gasteiger charge is 2.07. The van der Waals surface area contributed by atoms with Crippen molar-refractivity contribution in [1.82, 2.24) is 20.2 Å². The lowest BCUT2D eigenvalue weighted by atomic mass is 10.2. The van der Waals surface area contributed by atoms with Gasteiger partial charge in [-0.1, -0.05) is 6.07 Å². The molecule has 0 bridgehead atoms. The molecule has 2 heterocycles. The number of pyridine rings is 1. The summed E-state index contributed by atoms with van der Waals surface area (Å²) >= 11 is 0. The van der Waals surface area contributed by atoms with Crippen LogP contribution >= 0.6 is 0 Å². The van der Waals surface area contributed by atoms with Crippen LogP contribution in [-0.4, -0.2) is 20.2 Å². The highest BCUT2D eigenvalue weighted by atomic mass is 15.2. The summed E-state index contributed by atoms with van der Waals surface area (Å²) in [4.78, 5) is 8.63. The van der Waals surface area contributed by atoms with Gasteiger partial charge in [0.2, 0.25) is 0 Å². The fourth-order valence-electron chi connectivity index (χ4n) is 1.64. The van der Waals surface area contributed by atoms with E-state index in [0.717, 1.165) is 16.9 Å². The summed E-state index contributed by atoms with van der Waals surface area (Å²) in [5.74, 6) is 1.29. The van der Waals surface area contributed by atoms with Crippen molar-refractivity contribution in [2.75, 3.05) is 5.73 Å². The molecule has 5 heteroatoms. The summed E-state index contributed by atoms with van der Waals surface area (Å²) in [6.07, 6.45) is 1.72. The summed E-state index contributed by atoms with van der Waals surface area (Å²) in [5.41, 5.74) is 8.05. The van der Waals surface area contributed by atoms with Crippen LogP contribution in [0.1, 0.15) is 0 Å². The van der Waals surface area contributed by atoms with Crippen molar-refractivity contribution < 1.29 is 0 Å². The normalized spacial score (nSPS) is 10.4. The molecule has 5 nitrogen and oxygen atoms in total. The van der Waals surface area contributed by atoms with Gasteiger partial charge >= 0.3 is 0 Å². The first-order valence-corrected chi connectivity index (χ1v) is 5.52. The first-order valence-electron chi connectivity index (χ1n) is 5.52. The van der Waals surface area contributed by atoms with Crippen molar-refractivity contribution in [3.05, 3.63) is 48.7 Å². The van der Waals surface area contributed by atoms with E-state index < -0.39 is 0 Å². The lowest BCUT2D eigenvalue weighted by Gasteiger charge is -1.95. The molecule has 1 aromatic carbocycles. The third kappa shape index (κ3) is 1.93. The van der Waals surface area contributed by atoms with Gasteiger partial charge in [-0.3, -0.25) is 10.1 Å². The van der Waals surface area contributed by atoms with Crippen molar-refractivity contribution in [2.45, 2.75) is 0 Å². The van der Waals surface area contributed by atoms with Crippen LogP contribution in [0.2, 0.25) is 0 Å². The van der Waals surface area contributed by atoms with E-state index in [2.05, 4.69) is 20.2 Å². The molecule has 0 aliphatic heterocycles. The molecule has 0 radical (unpaired) electrons. The third-order valence-electron chi connectivity index (χ3n) is 2.56. The average Bonchev–Trinajstić information content (AvgIpc) is 2.90. The van der Waals surface area contributed by atoms with Gasteiger partial charge in [-0.2, -0.15) is 5.10 Å².